The summed E-state index contributed by atoms with van der Waals surface area (Å²) in [4.78, 5) is 1.14. The van der Waals surface area contributed by atoms with Crippen LogP contribution in [0.25, 0.3) is 0 Å². The van der Waals surface area contributed by atoms with Crippen molar-refractivity contribution in [2.24, 2.45) is 5.73 Å². The van der Waals surface area contributed by atoms with E-state index in [4.69, 9.17) is 5.73 Å². The molecule has 5 heteroatoms. The molecule has 0 fully saturated rings. The SMILES string of the molecule is NC(Cc1cc(Br)cs1)c1cc(Br)ccc1F. The molecule has 1 heterocycles. The maximum atomic E-state index is 13.6. The molecule has 0 saturated carbocycles. The van der Waals surface area contributed by atoms with Crippen LogP contribution in [0, 0.1) is 5.82 Å². The molecule has 2 N–H and O–H groups in total. The molecule has 0 saturated heterocycles. The normalized spacial score (nSPS) is 12.7. The molecule has 0 spiro atoms. The van der Waals surface area contributed by atoms with Crippen LogP contribution in [0.2, 0.25) is 0 Å². The van der Waals surface area contributed by atoms with Gasteiger partial charge in [0.2, 0.25) is 0 Å². The Morgan fingerprint density at radius 2 is 2.00 bits per heavy atom. The highest BCUT2D eigenvalue weighted by Crippen LogP contribution is 2.27. The predicted molar refractivity (Wildman–Crippen MR) is 76.8 cm³/mol. The fourth-order valence-corrected chi connectivity index (χ4v) is 3.48. The maximum Gasteiger partial charge on any atom is 0.128 e. The van der Waals surface area contributed by atoms with E-state index in [9.17, 15) is 4.39 Å². The van der Waals surface area contributed by atoms with Gasteiger partial charge in [0.15, 0.2) is 0 Å². The second kappa shape index (κ2) is 5.61. The average Bonchev–Trinajstić information content (AvgIpc) is 2.67. The van der Waals surface area contributed by atoms with E-state index < -0.39 is 0 Å². The zero-order chi connectivity index (χ0) is 12.4. The standard InChI is InChI=1S/C12H10Br2FNS/c13-7-1-2-11(15)10(4-7)12(16)5-9-3-8(14)6-17-9/h1-4,6,12H,5,16H2. The van der Waals surface area contributed by atoms with Gasteiger partial charge < -0.3 is 5.73 Å². The van der Waals surface area contributed by atoms with Crippen molar-refractivity contribution in [2.75, 3.05) is 0 Å². The average molecular weight is 379 g/mol. The van der Waals surface area contributed by atoms with Gasteiger partial charge in [-0.1, -0.05) is 15.9 Å². The van der Waals surface area contributed by atoms with Gasteiger partial charge in [-0.05, 0) is 40.2 Å². The lowest BCUT2D eigenvalue weighted by atomic mass is 10.0. The number of rotatable bonds is 3. The van der Waals surface area contributed by atoms with Crippen LogP contribution >= 0.6 is 43.2 Å². The number of nitrogens with two attached hydrogens (primary N) is 1. The third kappa shape index (κ3) is 3.37. The van der Waals surface area contributed by atoms with Crippen molar-refractivity contribution in [3.63, 3.8) is 0 Å². The summed E-state index contributed by atoms with van der Waals surface area (Å²) < 4.78 is 15.5. The molecule has 0 amide bonds. The monoisotopic (exact) mass is 377 g/mol. The number of hydrogen-bond acceptors (Lipinski definition) is 2. The molecule has 1 aromatic heterocycles. The lowest BCUT2D eigenvalue weighted by molar-refractivity contribution is 0.581. The Kier molecular flexibility index (Phi) is 4.36. The van der Waals surface area contributed by atoms with Crippen molar-refractivity contribution in [3.8, 4) is 0 Å². The number of hydrogen-bond donors (Lipinski definition) is 1. The van der Waals surface area contributed by atoms with Gasteiger partial charge in [-0.2, -0.15) is 0 Å². The molecule has 0 aliphatic carbocycles. The van der Waals surface area contributed by atoms with Crippen molar-refractivity contribution >= 4 is 43.2 Å². The van der Waals surface area contributed by atoms with Crippen LogP contribution in [0.1, 0.15) is 16.5 Å². The summed E-state index contributed by atoms with van der Waals surface area (Å²) >= 11 is 8.34. The molecular formula is C12H10Br2FNS. The molecule has 1 atom stereocenters. The molecule has 2 rings (SSSR count). The fourth-order valence-electron chi connectivity index (χ4n) is 1.59. The molecule has 90 valence electrons. The second-order valence-electron chi connectivity index (χ2n) is 3.71. The van der Waals surface area contributed by atoms with Gasteiger partial charge in [-0.15, -0.1) is 11.3 Å². The van der Waals surface area contributed by atoms with Crippen molar-refractivity contribution in [2.45, 2.75) is 12.5 Å². The molecule has 0 aliphatic heterocycles. The molecule has 17 heavy (non-hydrogen) atoms. The van der Waals surface area contributed by atoms with Crippen LogP contribution in [-0.4, -0.2) is 0 Å². The molecule has 0 aliphatic rings. The van der Waals surface area contributed by atoms with Gasteiger partial charge in [-0.3, -0.25) is 0 Å². The Morgan fingerprint density at radius 3 is 2.65 bits per heavy atom. The lowest BCUT2D eigenvalue weighted by Gasteiger charge is -2.12. The minimum absolute atomic E-state index is 0.253. The van der Waals surface area contributed by atoms with Gasteiger partial charge in [0, 0.05) is 37.2 Å². The van der Waals surface area contributed by atoms with E-state index in [1.54, 1.807) is 23.5 Å². The minimum atomic E-state index is -0.321. The largest absolute Gasteiger partial charge is 0.324 e. The van der Waals surface area contributed by atoms with Gasteiger partial charge in [-0.25, -0.2) is 4.39 Å². The summed E-state index contributed by atoms with van der Waals surface area (Å²) in [5.74, 6) is -0.253. The highest BCUT2D eigenvalue weighted by molar-refractivity contribution is 9.10. The van der Waals surface area contributed by atoms with E-state index >= 15 is 0 Å². The predicted octanol–water partition coefficient (Wildman–Crippen LogP) is 4.65. The topological polar surface area (TPSA) is 26.0 Å². The first-order valence-electron chi connectivity index (χ1n) is 4.99. The number of halogens is 3. The van der Waals surface area contributed by atoms with Crippen molar-refractivity contribution in [1.82, 2.24) is 0 Å². The minimum Gasteiger partial charge on any atom is -0.324 e. The first kappa shape index (κ1) is 13.2. The van der Waals surface area contributed by atoms with E-state index in [1.165, 1.54) is 6.07 Å². The van der Waals surface area contributed by atoms with Crippen LogP contribution in [0.3, 0.4) is 0 Å². The van der Waals surface area contributed by atoms with E-state index in [0.717, 1.165) is 13.8 Å². The molecule has 0 bridgehead atoms. The third-order valence-electron chi connectivity index (χ3n) is 2.40. The summed E-state index contributed by atoms with van der Waals surface area (Å²) in [5, 5.41) is 2.00. The zero-order valence-electron chi connectivity index (χ0n) is 8.79. The number of benzene rings is 1. The fraction of sp³-hybridized carbons (Fsp3) is 0.167. The molecule has 0 radical (unpaired) electrons. The third-order valence-corrected chi connectivity index (χ3v) is 4.61. The molecule has 1 aromatic carbocycles. The Hall–Kier alpha value is -0.230. The van der Waals surface area contributed by atoms with Crippen molar-refractivity contribution in [3.05, 3.63) is 54.8 Å². The zero-order valence-corrected chi connectivity index (χ0v) is 12.8. The maximum absolute atomic E-state index is 13.6. The van der Waals surface area contributed by atoms with Gasteiger partial charge in [0.1, 0.15) is 5.82 Å². The summed E-state index contributed by atoms with van der Waals surface area (Å²) in [6, 6.07) is 6.54. The van der Waals surface area contributed by atoms with E-state index in [2.05, 4.69) is 31.9 Å². The number of thiophene rings is 1. The first-order valence-corrected chi connectivity index (χ1v) is 7.46. The summed E-state index contributed by atoms with van der Waals surface area (Å²) in [7, 11) is 0. The Morgan fingerprint density at radius 1 is 1.24 bits per heavy atom. The molecule has 2 aromatic rings. The highest BCUT2D eigenvalue weighted by atomic mass is 79.9. The van der Waals surface area contributed by atoms with Crippen molar-refractivity contribution < 1.29 is 4.39 Å². The smallest absolute Gasteiger partial charge is 0.128 e. The van der Waals surface area contributed by atoms with Crippen LogP contribution < -0.4 is 5.73 Å². The van der Waals surface area contributed by atoms with E-state index in [-0.39, 0.29) is 11.9 Å². The summed E-state index contributed by atoms with van der Waals surface area (Å²) in [6.07, 6.45) is 0.642. The lowest BCUT2D eigenvalue weighted by Crippen LogP contribution is -2.14. The Labute approximate surface area is 120 Å². The van der Waals surface area contributed by atoms with Gasteiger partial charge in [0.05, 0.1) is 0 Å². The van der Waals surface area contributed by atoms with E-state index in [0.29, 0.717) is 12.0 Å². The summed E-state index contributed by atoms with van der Waals surface area (Å²) in [5.41, 5.74) is 6.58. The van der Waals surface area contributed by atoms with Crippen LogP contribution in [0.5, 0.6) is 0 Å². The summed E-state index contributed by atoms with van der Waals surface area (Å²) in [6.45, 7) is 0. The van der Waals surface area contributed by atoms with Crippen LogP contribution in [0.4, 0.5) is 4.39 Å². The van der Waals surface area contributed by atoms with Crippen LogP contribution in [0.15, 0.2) is 38.6 Å². The quantitative estimate of drug-likeness (QED) is 0.826. The van der Waals surface area contributed by atoms with Crippen LogP contribution in [-0.2, 0) is 6.42 Å². The van der Waals surface area contributed by atoms with Crippen molar-refractivity contribution in [1.29, 1.82) is 0 Å². The molecule has 1 unspecified atom stereocenters. The first-order chi connectivity index (χ1) is 8.06. The molecular weight excluding hydrogens is 369 g/mol. The second-order valence-corrected chi connectivity index (χ2v) is 6.53. The highest BCUT2D eigenvalue weighted by Gasteiger charge is 2.13. The van der Waals surface area contributed by atoms with Gasteiger partial charge >= 0.3 is 0 Å². The Balaban J connectivity index is 2.19. The van der Waals surface area contributed by atoms with E-state index in [1.807, 2.05) is 11.4 Å². The molecule has 1 nitrogen and oxygen atoms in total. The Bertz CT molecular complexity index is 527. The van der Waals surface area contributed by atoms with Gasteiger partial charge in [0.25, 0.3) is 0 Å².